The van der Waals surface area contributed by atoms with Crippen LogP contribution in [0.15, 0.2) is 53.4 Å². The van der Waals surface area contributed by atoms with Gasteiger partial charge in [-0.3, -0.25) is 0 Å². The van der Waals surface area contributed by atoms with Crippen molar-refractivity contribution in [3.63, 3.8) is 0 Å². The van der Waals surface area contributed by atoms with Gasteiger partial charge in [0.05, 0.1) is 10.5 Å². The number of nitrogens with one attached hydrogen (secondary N) is 2. The molecule has 0 radical (unpaired) electrons. The van der Waals surface area contributed by atoms with E-state index in [1.54, 1.807) is 0 Å². The monoisotopic (exact) mass is 406 g/mol. The van der Waals surface area contributed by atoms with Gasteiger partial charge >= 0.3 is 6.18 Å². The zero-order valence-electron chi connectivity index (χ0n) is 13.6. The molecule has 2 aromatic carbocycles. The summed E-state index contributed by atoms with van der Waals surface area (Å²) in [6, 6.07) is 11.5. The van der Waals surface area contributed by atoms with Crippen LogP contribution < -0.4 is 10.0 Å². The highest BCUT2D eigenvalue weighted by Crippen LogP contribution is 2.34. The Balaban J connectivity index is 0.00000243. The van der Waals surface area contributed by atoms with E-state index < -0.39 is 26.7 Å². The van der Waals surface area contributed by atoms with Gasteiger partial charge in [-0.05, 0) is 36.2 Å². The van der Waals surface area contributed by atoms with Crippen molar-refractivity contribution < 1.29 is 21.6 Å². The Morgan fingerprint density at radius 1 is 1.08 bits per heavy atom. The molecule has 3 rings (SSSR count). The molecule has 0 bridgehead atoms. The number of hydrogen-bond donors (Lipinski definition) is 2. The third-order valence-corrected chi connectivity index (χ3v) is 5.66. The molecule has 0 fully saturated rings. The molecule has 0 amide bonds. The fourth-order valence-electron chi connectivity index (χ4n) is 2.98. The Labute approximate surface area is 156 Å². The molecule has 9 heteroatoms. The Kier molecular flexibility index (Phi) is 6.33. The summed E-state index contributed by atoms with van der Waals surface area (Å²) in [5.41, 5.74) is 0.904. The second-order valence-corrected chi connectivity index (χ2v) is 7.54. The molecule has 26 heavy (non-hydrogen) atoms. The van der Waals surface area contributed by atoms with Crippen molar-refractivity contribution in [3.05, 3.63) is 65.2 Å². The van der Waals surface area contributed by atoms with Crippen molar-refractivity contribution in [3.8, 4) is 0 Å². The van der Waals surface area contributed by atoms with Crippen LogP contribution in [0.3, 0.4) is 0 Å². The lowest BCUT2D eigenvalue weighted by Gasteiger charge is -2.27. The van der Waals surface area contributed by atoms with Crippen molar-refractivity contribution >= 4 is 22.4 Å². The maximum Gasteiger partial charge on any atom is 0.417 e. The lowest BCUT2D eigenvalue weighted by atomic mass is 9.95. The van der Waals surface area contributed by atoms with Gasteiger partial charge in [0.1, 0.15) is 0 Å². The second-order valence-electron chi connectivity index (χ2n) is 5.80. The number of halogens is 4. The van der Waals surface area contributed by atoms with Gasteiger partial charge in [-0.25, -0.2) is 13.1 Å². The maximum atomic E-state index is 13.1. The molecule has 1 unspecified atom stereocenters. The Morgan fingerprint density at radius 3 is 2.46 bits per heavy atom. The molecular weight excluding hydrogens is 389 g/mol. The highest BCUT2D eigenvalue weighted by atomic mass is 35.5. The normalized spacial score (nSPS) is 17.3. The summed E-state index contributed by atoms with van der Waals surface area (Å²) in [5.74, 6) is 0. The summed E-state index contributed by atoms with van der Waals surface area (Å²) >= 11 is 0. The molecule has 2 aromatic rings. The molecule has 4 nitrogen and oxygen atoms in total. The summed E-state index contributed by atoms with van der Waals surface area (Å²) in [4.78, 5) is -0.758. The summed E-state index contributed by atoms with van der Waals surface area (Å²) < 4.78 is 66.3. The Hall–Kier alpha value is -1.61. The second kappa shape index (κ2) is 7.96. The smallest absolute Gasteiger partial charge is 0.308 e. The molecule has 142 valence electrons. The third-order valence-electron chi connectivity index (χ3n) is 4.18. The van der Waals surface area contributed by atoms with E-state index in [0.717, 1.165) is 29.7 Å². The first-order chi connectivity index (χ1) is 11.8. The van der Waals surface area contributed by atoms with Crippen molar-refractivity contribution in [2.75, 3.05) is 13.1 Å². The van der Waals surface area contributed by atoms with Crippen LogP contribution >= 0.6 is 12.4 Å². The minimum absolute atomic E-state index is 0. The zero-order chi connectivity index (χ0) is 18.1. The summed E-state index contributed by atoms with van der Waals surface area (Å²) in [6.07, 6.45) is -3.91. The van der Waals surface area contributed by atoms with Crippen molar-refractivity contribution in [1.82, 2.24) is 10.0 Å². The van der Waals surface area contributed by atoms with E-state index in [0.29, 0.717) is 6.54 Å². The molecular formula is C17H18ClF3N2O2S. The first-order valence-electron chi connectivity index (χ1n) is 7.76. The van der Waals surface area contributed by atoms with E-state index in [1.165, 1.54) is 12.1 Å². The van der Waals surface area contributed by atoms with Gasteiger partial charge in [-0.2, -0.15) is 13.2 Å². The number of rotatable bonds is 4. The lowest BCUT2D eigenvalue weighted by molar-refractivity contribution is -0.139. The van der Waals surface area contributed by atoms with Gasteiger partial charge in [0.25, 0.3) is 0 Å². The van der Waals surface area contributed by atoms with Crippen LogP contribution in [0.4, 0.5) is 13.2 Å². The minimum Gasteiger partial charge on any atom is -0.308 e. The topological polar surface area (TPSA) is 58.2 Å². The quantitative estimate of drug-likeness (QED) is 0.819. The summed E-state index contributed by atoms with van der Waals surface area (Å²) in [5, 5.41) is 3.20. The van der Waals surface area contributed by atoms with Crippen LogP contribution in [0.25, 0.3) is 0 Å². The predicted octanol–water partition coefficient (Wildman–Crippen LogP) is 3.29. The molecule has 1 heterocycles. The Bertz CT molecular complexity index is 872. The largest absolute Gasteiger partial charge is 0.417 e. The van der Waals surface area contributed by atoms with E-state index in [1.807, 2.05) is 24.3 Å². The maximum absolute atomic E-state index is 13.1. The number of fused-ring (bicyclic) bond motifs is 1. The molecule has 0 saturated carbocycles. The fraction of sp³-hybridized carbons (Fsp3) is 0.294. The molecule has 0 aliphatic carbocycles. The Morgan fingerprint density at radius 2 is 1.73 bits per heavy atom. The van der Waals surface area contributed by atoms with Gasteiger partial charge in [0.15, 0.2) is 0 Å². The molecule has 1 aliphatic heterocycles. The molecule has 1 atom stereocenters. The van der Waals surface area contributed by atoms with Gasteiger partial charge in [0, 0.05) is 12.6 Å². The zero-order valence-corrected chi connectivity index (χ0v) is 15.2. The summed E-state index contributed by atoms with van der Waals surface area (Å²) in [7, 11) is -4.29. The standard InChI is InChI=1S/C17H17F3N2O2S.ClH/c18-17(19,20)14-7-3-4-8-16(14)25(23,24)22-11-15-13-6-2-1-5-12(13)9-10-21-15;/h1-8,15,21-22H,9-11H2;1H. The van der Waals surface area contributed by atoms with Gasteiger partial charge in [-0.15, -0.1) is 12.4 Å². The third kappa shape index (κ3) is 4.37. The first kappa shape index (κ1) is 20.7. The summed E-state index contributed by atoms with van der Waals surface area (Å²) in [6.45, 7) is 0.661. The van der Waals surface area contributed by atoms with E-state index in [2.05, 4.69) is 10.0 Å². The van der Waals surface area contributed by atoms with Crippen molar-refractivity contribution in [2.24, 2.45) is 0 Å². The SMILES string of the molecule is Cl.O=S(=O)(NCC1NCCc2ccccc21)c1ccccc1C(F)(F)F. The van der Waals surface area contributed by atoms with E-state index in [-0.39, 0.29) is 25.0 Å². The number of alkyl halides is 3. The molecule has 2 N–H and O–H groups in total. The van der Waals surface area contributed by atoms with E-state index in [9.17, 15) is 21.6 Å². The first-order valence-corrected chi connectivity index (χ1v) is 9.24. The van der Waals surface area contributed by atoms with Crippen molar-refractivity contribution in [1.29, 1.82) is 0 Å². The van der Waals surface area contributed by atoms with E-state index in [4.69, 9.17) is 0 Å². The van der Waals surface area contributed by atoms with Gasteiger partial charge in [0.2, 0.25) is 10.0 Å². The molecule has 0 aromatic heterocycles. The van der Waals surface area contributed by atoms with Crippen LogP contribution in [-0.4, -0.2) is 21.5 Å². The van der Waals surface area contributed by atoms with Gasteiger partial charge < -0.3 is 5.32 Å². The van der Waals surface area contributed by atoms with Crippen molar-refractivity contribution in [2.45, 2.75) is 23.5 Å². The highest BCUT2D eigenvalue weighted by molar-refractivity contribution is 7.89. The van der Waals surface area contributed by atoms with Gasteiger partial charge in [-0.1, -0.05) is 36.4 Å². The number of benzene rings is 2. The molecule has 0 saturated heterocycles. The van der Waals surface area contributed by atoms with Crippen LogP contribution in [-0.2, 0) is 22.6 Å². The average Bonchev–Trinajstić information content (AvgIpc) is 2.59. The van der Waals surface area contributed by atoms with E-state index >= 15 is 0 Å². The molecule has 1 aliphatic rings. The molecule has 0 spiro atoms. The van der Waals surface area contributed by atoms with Crippen LogP contribution in [0.1, 0.15) is 22.7 Å². The fourth-order valence-corrected chi connectivity index (χ4v) is 4.25. The van der Waals surface area contributed by atoms with Crippen LogP contribution in [0.5, 0.6) is 0 Å². The van der Waals surface area contributed by atoms with Crippen LogP contribution in [0, 0.1) is 0 Å². The minimum atomic E-state index is -4.74. The lowest BCUT2D eigenvalue weighted by Crippen LogP contribution is -2.39. The number of sulfonamides is 1. The predicted molar refractivity (Wildman–Crippen MR) is 94.8 cm³/mol. The average molecular weight is 407 g/mol. The number of hydrogen-bond acceptors (Lipinski definition) is 3. The highest BCUT2D eigenvalue weighted by Gasteiger charge is 2.37. The van der Waals surface area contributed by atoms with Crippen LogP contribution in [0.2, 0.25) is 0 Å².